The highest BCUT2D eigenvalue weighted by Gasteiger charge is 2.27. The van der Waals surface area contributed by atoms with Gasteiger partial charge in [-0.3, -0.25) is 0 Å². The summed E-state index contributed by atoms with van der Waals surface area (Å²) < 4.78 is 29.2. The molecule has 8 heteroatoms. The first kappa shape index (κ1) is 17.2. The lowest BCUT2D eigenvalue weighted by molar-refractivity contribution is 0.348. The van der Waals surface area contributed by atoms with Gasteiger partial charge in [0.25, 0.3) is 0 Å². The van der Waals surface area contributed by atoms with Gasteiger partial charge in [-0.2, -0.15) is 4.31 Å². The summed E-state index contributed by atoms with van der Waals surface area (Å²) in [5.74, 6) is 0. The van der Waals surface area contributed by atoms with Crippen molar-refractivity contribution in [2.24, 2.45) is 0 Å². The maximum Gasteiger partial charge on any atom is 0.243 e. The lowest BCUT2D eigenvalue weighted by atomic mass is 10.2. The van der Waals surface area contributed by atoms with Gasteiger partial charge < -0.3 is 0 Å². The van der Waals surface area contributed by atoms with Gasteiger partial charge in [0.2, 0.25) is 10.0 Å². The number of hydrogen-bond acceptors (Lipinski definition) is 5. The van der Waals surface area contributed by atoms with E-state index in [-0.39, 0.29) is 10.9 Å². The number of sulfonamides is 1. The molecule has 0 saturated carbocycles. The highest BCUT2D eigenvalue weighted by molar-refractivity contribution is 7.89. The van der Waals surface area contributed by atoms with E-state index in [2.05, 4.69) is 15.5 Å². The SMILES string of the molecule is CC(C)N(Cc1ccccc1)S(=O)(=O)c1cccc(-n2cnnn2)c1. The first-order valence-corrected chi connectivity index (χ1v) is 9.31. The van der Waals surface area contributed by atoms with Crippen LogP contribution >= 0.6 is 0 Å². The van der Waals surface area contributed by atoms with E-state index in [1.54, 1.807) is 24.3 Å². The summed E-state index contributed by atoms with van der Waals surface area (Å²) in [6.45, 7) is 4.05. The minimum atomic E-state index is -3.66. The fourth-order valence-corrected chi connectivity index (χ4v) is 4.18. The summed E-state index contributed by atoms with van der Waals surface area (Å²) >= 11 is 0. The van der Waals surface area contributed by atoms with Gasteiger partial charge in [-0.05, 0) is 48.0 Å². The summed E-state index contributed by atoms with van der Waals surface area (Å²) in [5.41, 5.74) is 1.53. The molecule has 0 aliphatic carbocycles. The van der Waals surface area contributed by atoms with E-state index in [0.29, 0.717) is 12.2 Å². The molecule has 0 aliphatic heterocycles. The van der Waals surface area contributed by atoms with E-state index in [9.17, 15) is 8.42 Å². The molecule has 1 heterocycles. The van der Waals surface area contributed by atoms with Gasteiger partial charge in [0, 0.05) is 12.6 Å². The standard InChI is InChI=1S/C17H19N5O2S/c1-14(2)22(12-15-7-4-3-5-8-15)25(23,24)17-10-6-9-16(11-17)21-13-18-19-20-21/h3-11,13-14H,12H2,1-2H3. The highest BCUT2D eigenvalue weighted by Crippen LogP contribution is 2.22. The number of aromatic nitrogens is 4. The zero-order chi connectivity index (χ0) is 17.9. The molecular weight excluding hydrogens is 338 g/mol. The van der Waals surface area contributed by atoms with E-state index < -0.39 is 10.0 Å². The lowest BCUT2D eigenvalue weighted by Gasteiger charge is -2.26. The molecule has 0 fully saturated rings. The van der Waals surface area contributed by atoms with Crippen LogP contribution in [0.3, 0.4) is 0 Å². The number of rotatable bonds is 6. The number of tetrazole rings is 1. The molecule has 130 valence electrons. The molecule has 25 heavy (non-hydrogen) atoms. The second-order valence-electron chi connectivity index (χ2n) is 5.88. The first-order chi connectivity index (χ1) is 12.0. The van der Waals surface area contributed by atoms with Crippen LogP contribution in [0.5, 0.6) is 0 Å². The fraction of sp³-hybridized carbons (Fsp3) is 0.235. The number of hydrogen-bond donors (Lipinski definition) is 0. The van der Waals surface area contributed by atoms with Crippen LogP contribution in [-0.4, -0.2) is 39.0 Å². The van der Waals surface area contributed by atoms with E-state index in [1.807, 2.05) is 44.2 Å². The largest absolute Gasteiger partial charge is 0.243 e. The van der Waals surface area contributed by atoms with E-state index in [4.69, 9.17) is 0 Å². The number of benzene rings is 2. The summed E-state index contributed by atoms with van der Waals surface area (Å²) in [5, 5.41) is 11.0. The minimum Gasteiger partial charge on any atom is -0.207 e. The Morgan fingerprint density at radius 2 is 1.84 bits per heavy atom. The third-order valence-electron chi connectivity index (χ3n) is 3.79. The Morgan fingerprint density at radius 1 is 1.08 bits per heavy atom. The monoisotopic (exact) mass is 357 g/mol. The molecule has 0 N–H and O–H groups in total. The van der Waals surface area contributed by atoms with Gasteiger partial charge in [-0.15, -0.1) is 5.10 Å². The predicted molar refractivity (Wildman–Crippen MR) is 93.5 cm³/mol. The van der Waals surface area contributed by atoms with Crippen LogP contribution < -0.4 is 0 Å². The zero-order valence-corrected chi connectivity index (χ0v) is 14.8. The van der Waals surface area contributed by atoms with E-state index in [0.717, 1.165) is 5.56 Å². The van der Waals surface area contributed by atoms with Gasteiger partial charge in [0.15, 0.2) is 0 Å². The van der Waals surface area contributed by atoms with Gasteiger partial charge in [0.1, 0.15) is 6.33 Å². The molecule has 0 unspecified atom stereocenters. The van der Waals surface area contributed by atoms with Crippen molar-refractivity contribution in [1.29, 1.82) is 0 Å². The van der Waals surface area contributed by atoms with Crippen molar-refractivity contribution in [2.75, 3.05) is 0 Å². The Balaban J connectivity index is 1.97. The highest BCUT2D eigenvalue weighted by atomic mass is 32.2. The summed E-state index contributed by atoms with van der Waals surface area (Å²) in [6.07, 6.45) is 1.43. The fourth-order valence-electron chi connectivity index (χ4n) is 2.51. The van der Waals surface area contributed by atoms with Gasteiger partial charge in [-0.1, -0.05) is 36.4 Å². The minimum absolute atomic E-state index is 0.179. The Hall–Kier alpha value is -2.58. The van der Waals surface area contributed by atoms with Crippen LogP contribution in [0.1, 0.15) is 19.4 Å². The van der Waals surface area contributed by atoms with Crippen LogP contribution in [0.2, 0.25) is 0 Å². The van der Waals surface area contributed by atoms with Gasteiger partial charge >= 0.3 is 0 Å². The molecule has 0 radical (unpaired) electrons. The molecule has 0 atom stereocenters. The van der Waals surface area contributed by atoms with Crippen molar-refractivity contribution in [3.8, 4) is 5.69 Å². The molecule has 2 aromatic carbocycles. The van der Waals surface area contributed by atoms with Gasteiger partial charge in [0.05, 0.1) is 10.6 Å². The molecular formula is C17H19N5O2S. The van der Waals surface area contributed by atoms with Crippen LogP contribution in [0.4, 0.5) is 0 Å². The Kier molecular flexibility index (Phi) is 4.91. The molecule has 3 rings (SSSR count). The van der Waals surface area contributed by atoms with Crippen molar-refractivity contribution in [2.45, 2.75) is 31.3 Å². The topological polar surface area (TPSA) is 81.0 Å². The normalized spacial score (nSPS) is 12.0. The maximum atomic E-state index is 13.2. The molecule has 0 aliphatic rings. The average molecular weight is 357 g/mol. The van der Waals surface area contributed by atoms with Crippen LogP contribution in [0.15, 0.2) is 65.8 Å². The number of nitrogens with zero attached hydrogens (tertiary/aromatic N) is 5. The zero-order valence-electron chi connectivity index (χ0n) is 14.0. The summed E-state index contributed by atoms with van der Waals surface area (Å²) in [4.78, 5) is 0.213. The second kappa shape index (κ2) is 7.12. The van der Waals surface area contributed by atoms with E-state index in [1.165, 1.54) is 15.3 Å². The Bertz CT molecular complexity index is 925. The second-order valence-corrected chi connectivity index (χ2v) is 7.77. The van der Waals surface area contributed by atoms with Crippen molar-refractivity contribution in [1.82, 2.24) is 24.5 Å². The van der Waals surface area contributed by atoms with Crippen molar-refractivity contribution in [3.05, 3.63) is 66.5 Å². The predicted octanol–water partition coefficient (Wildman–Crippen LogP) is 2.26. The maximum absolute atomic E-state index is 13.2. The van der Waals surface area contributed by atoms with Crippen LogP contribution in [0.25, 0.3) is 5.69 Å². The Morgan fingerprint density at radius 3 is 2.48 bits per heavy atom. The average Bonchev–Trinajstić information content (AvgIpc) is 3.15. The molecule has 3 aromatic rings. The molecule has 0 bridgehead atoms. The third kappa shape index (κ3) is 3.75. The van der Waals surface area contributed by atoms with Crippen molar-refractivity contribution < 1.29 is 8.42 Å². The summed E-state index contributed by atoms with van der Waals surface area (Å²) in [6, 6.07) is 16.0. The lowest BCUT2D eigenvalue weighted by Crippen LogP contribution is -2.36. The van der Waals surface area contributed by atoms with Crippen molar-refractivity contribution >= 4 is 10.0 Å². The molecule has 0 saturated heterocycles. The van der Waals surface area contributed by atoms with Crippen molar-refractivity contribution in [3.63, 3.8) is 0 Å². The van der Waals surface area contributed by atoms with Crippen LogP contribution in [-0.2, 0) is 16.6 Å². The quantitative estimate of drug-likeness (QED) is 0.676. The molecule has 0 amide bonds. The Labute approximate surface area is 147 Å². The smallest absolute Gasteiger partial charge is 0.207 e. The third-order valence-corrected chi connectivity index (χ3v) is 5.81. The molecule has 1 aromatic heterocycles. The summed E-state index contributed by atoms with van der Waals surface area (Å²) in [7, 11) is -3.66. The first-order valence-electron chi connectivity index (χ1n) is 7.87. The molecule has 0 spiro atoms. The van der Waals surface area contributed by atoms with Gasteiger partial charge in [-0.25, -0.2) is 13.1 Å². The van der Waals surface area contributed by atoms with Crippen LogP contribution in [0, 0.1) is 0 Å². The van der Waals surface area contributed by atoms with E-state index >= 15 is 0 Å². The molecule has 7 nitrogen and oxygen atoms in total.